The summed E-state index contributed by atoms with van der Waals surface area (Å²) in [7, 11) is 0. The number of hydrogen-bond donors (Lipinski definition) is 2. The lowest BCUT2D eigenvalue weighted by Crippen LogP contribution is -2.47. The number of ketones is 1. The highest BCUT2D eigenvalue weighted by Crippen LogP contribution is 2.20. The van der Waals surface area contributed by atoms with Crippen molar-refractivity contribution in [3.63, 3.8) is 0 Å². The second-order valence-corrected chi connectivity index (χ2v) is 9.06. The number of rotatable bonds is 3. The van der Waals surface area contributed by atoms with E-state index in [2.05, 4.69) is 14.6 Å². The largest absolute Gasteiger partial charge is 0.376 e. The first-order valence-corrected chi connectivity index (χ1v) is 11.3. The Morgan fingerprint density at radius 2 is 2.06 bits per heavy atom. The molecule has 0 amide bonds. The quantitative estimate of drug-likeness (QED) is 0.617. The zero-order valence-electron chi connectivity index (χ0n) is 17.8. The van der Waals surface area contributed by atoms with Crippen LogP contribution < -0.4 is 20.9 Å². The summed E-state index contributed by atoms with van der Waals surface area (Å²) >= 11 is 1.27. The molecule has 164 valence electrons. The minimum Gasteiger partial charge on any atom is -0.376 e. The van der Waals surface area contributed by atoms with Crippen LogP contribution in [-0.2, 0) is 16.1 Å². The van der Waals surface area contributed by atoms with Gasteiger partial charge in [0.15, 0.2) is 11.3 Å². The van der Waals surface area contributed by atoms with Crippen LogP contribution in [0.3, 0.4) is 0 Å². The zero-order chi connectivity index (χ0) is 22.4. The Labute approximate surface area is 187 Å². The molecular formula is C23H23N5O3S. The van der Waals surface area contributed by atoms with Gasteiger partial charge in [-0.25, -0.2) is 4.68 Å². The summed E-state index contributed by atoms with van der Waals surface area (Å²) < 4.78 is 10.2. The van der Waals surface area contributed by atoms with Crippen molar-refractivity contribution in [2.75, 3.05) is 6.61 Å². The van der Waals surface area contributed by atoms with Gasteiger partial charge in [0.05, 0.1) is 11.3 Å². The number of allylic oxidation sites excluding steroid dienone is 4. The van der Waals surface area contributed by atoms with E-state index in [0.29, 0.717) is 5.13 Å². The van der Waals surface area contributed by atoms with E-state index in [1.807, 2.05) is 19.9 Å². The minimum absolute atomic E-state index is 0.0480. The van der Waals surface area contributed by atoms with Crippen LogP contribution in [-0.4, -0.2) is 37.8 Å². The van der Waals surface area contributed by atoms with Crippen molar-refractivity contribution in [2.45, 2.75) is 39.3 Å². The predicted octanol–water partition coefficient (Wildman–Crippen LogP) is 0.811. The van der Waals surface area contributed by atoms with E-state index >= 15 is 0 Å². The number of aryl methyl sites for hydroxylation is 1. The lowest BCUT2D eigenvalue weighted by Gasteiger charge is -2.14. The molecule has 8 nitrogen and oxygen atoms in total. The van der Waals surface area contributed by atoms with Gasteiger partial charge in [-0.3, -0.25) is 20.1 Å². The summed E-state index contributed by atoms with van der Waals surface area (Å²) in [4.78, 5) is 28.4. The summed E-state index contributed by atoms with van der Waals surface area (Å²) in [5, 5.41) is 12.4. The van der Waals surface area contributed by atoms with E-state index in [1.165, 1.54) is 28.2 Å². The molecular weight excluding hydrogens is 426 g/mol. The van der Waals surface area contributed by atoms with Crippen LogP contribution in [0.15, 0.2) is 35.2 Å². The first-order valence-electron chi connectivity index (χ1n) is 10.5. The fourth-order valence-electron chi connectivity index (χ4n) is 4.16. The summed E-state index contributed by atoms with van der Waals surface area (Å²) in [6, 6.07) is 2.03. The number of carbonyl (C=O) groups is 1. The SMILES string of the molecule is Cc1cc(/C=c2\c(=O)nc3sc(=C4C=CC(=O)C=C4)[nH]n-3c2=N)c(C)n1CC1CCCO1. The van der Waals surface area contributed by atoms with Gasteiger partial charge in [-0.15, -0.1) is 0 Å². The highest BCUT2D eigenvalue weighted by molar-refractivity contribution is 7.11. The molecule has 1 unspecified atom stereocenters. The molecule has 0 radical (unpaired) electrons. The highest BCUT2D eigenvalue weighted by atomic mass is 32.1. The third-order valence-corrected chi connectivity index (χ3v) is 6.93. The molecule has 0 bridgehead atoms. The van der Waals surface area contributed by atoms with Gasteiger partial charge >= 0.3 is 0 Å². The van der Waals surface area contributed by atoms with Gasteiger partial charge in [0.2, 0.25) is 5.13 Å². The Morgan fingerprint density at radius 3 is 2.78 bits per heavy atom. The van der Waals surface area contributed by atoms with E-state index in [0.717, 1.165) is 53.2 Å². The number of ether oxygens (including phenoxy) is 1. The number of aromatic amines is 1. The molecule has 1 saturated heterocycles. The number of carbonyl (C=O) groups excluding carboxylic acids is 1. The van der Waals surface area contributed by atoms with Crippen molar-refractivity contribution in [3.8, 4) is 5.13 Å². The van der Waals surface area contributed by atoms with Crippen LogP contribution in [0.1, 0.15) is 29.8 Å². The molecule has 32 heavy (non-hydrogen) atoms. The Balaban J connectivity index is 1.62. The van der Waals surface area contributed by atoms with Gasteiger partial charge in [0.25, 0.3) is 5.56 Å². The minimum atomic E-state index is -0.435. The number of nitrogens with zero attached hydrogens (tertiary/aromatic N) is 3. The molecule has 0 aromatic carbocycles. The number of fused-ring (bicyclic) bond motifs is 1. The molecule has 2 N–H and O–H groups in total. The van der Waals surface area contributed by atoms with Crippen molar-refractivity contribution in [3.05, 3.63) is 73.0 Å². The second kappa shape index (κ2) is 7.99. The van der Waals surface area contributed by atoms with Crippen LogP contribution in [0.5, 0.6) is 0 Å². The van der Waals surface area contributed by atoms with Gasteiger partial charge in [0.1, 0.15) is 4.66 Å². The lowest BCUT2D eigenvalue weighted by atomic mass is 10.1. The molecule has 1 atom stereocenters. The normalized spacial score (nSPS) is 19.1. The van der Waals surface area contributed by atoms with Crippen LogP contribution in [0.25, 0.3) is 16.8 Å². The maximum atomic E-state index is 12.8. The van der Waals surface area contributed by atoms with E-state index in [1.54, 1.807) is 18.2 Å². The molecule has 4 heterocycles. The number of nitrogens with one attached hydrogen (secondary N) is 2. The van der Waals surface area contributed by atoms with E-state index < -0.39 is 5.56 Å². The topological polar surface area (TPSA) is 106 Å². The molecule has 5 rings (SSSR count). The molecule has 1 fully saturated rings. The Hall–Kier alpha value is -3.30. The summed E-state index contributed by atoms with van der Waals surface area (Å²) in [6.45, 7) is 5.67. The first kappa shape index (κ1) is 20.6. The van der Waals surface area contributed by atoms with Gasteiger partial charge in [-0.05, 0) is 68.7 Å². The van der Waals surface area contributed by atoms with Crippen molar-refractivity contribution in [1.29, 1.82) is 5.41 Å². The summed E-state index contributed by atoms with van der Waals surface area (Å²) in [5.41, 5.74) is 3.44. The van der Waals surface area contributed by atoms with Gasteiger partial charge < -0.3 is 9.30 Å². The Bertz CT molecular complexity index is 1470. The van der Waals surface area contributed by atoms with Crippen molar-refractivity contribution in [1.82, 2.24) is 19.3 Å². The molecule has 3 aliphatic heterocycles. The van der Waals surface area contributed by atoms with E-state index in [-0.39, 0.29) is 22.6 Å². The molecule has 1 aromatic rings. The third kappa shape index (κ3) is 3.63. The monoisotopic (exact) mass is 449 g/mol. The molecule has 1 aliphatic carbocycles. The molecule has 9 heteroatoms. The Morgan fingerprint density at radius 1 is 1.28 bits per heavy atom. The number of hydrogen-bond acceptors (Lipinski definition) is 6. The number of aromatic nitrogens is 4. The summed E-state index contributed by atoms with van der Waals surface area (Å²) in [6.07, 6.45) is 10.5. The third-order valence-electron chi connectivity index (χ3n) is 5.94. The standard InChI is InChI=1S/C23H23N5O3S/c1-13-10-16(14(2)27(13)12-18-4-3-9-31-18)11-19-20(24)28-23(25-21(19)30)32-22(26-28)15-5-7-17(29)8-6-15/h5-8,10-11,18,24,26H,3-4,9,12H2,1-2H3/b19-11-,24-20?. The van der Waals surface area contributed by atoms with Crippen LogP contribution in [0.2, 0.25) is 0 Å². The average molecular weight is 450 g/mol. The van der Waals surface area contributed by atoms with E-state index in [9.17, 15) is 9.59 Å². The molecule has 1 aromatic heterocycles. The van der Waals surface area contributed by atoms with Crippen molar-refractivity contribution >= 4 is 28.8 Å². The molecule has 4 aliphatic rings. The predicted molar refractivity (Wildman–Crippen MR) is 121 cm³/mol. The fraction of sp³-hybridized carbons (Fsp3) is 0.304. The zero-order valence-corrected chi connectivity index (χ0v) is 18.7. The molecule has 0 spiro atoms. The van der Waals surface area contributed by atoms with Crippen molar-refractivity contribution in [2.24, 2.45) is 0 Å². The molecule has 0 saturated carbocycles. The van der Waals surface area contributed by atoms with Crippen LogP contribution >= 0.6 is 11.3 Å². The highest BCUT2D eigenvalue weighted by Gasteiger charge is 2.19. The first-order chi connectivity index (χ1) is 15.4. The summed E-state index contributed by atoms with van der Waals surface area (Å²) in [5.74, 6) is -0.0716. The van der Waals surface area contributed by atoms with Gasteiger partial charge in [0, 0.05) is 30.1 Å². The second-order valence-electron chi connectivity index (χ2n) is 8.08. The average Bonchev–Trinajstić information content (AvgIpc) is 3.49. The van der Waals surface area contributed by atoms with Crippen LogP contribution in [0, 0.1) is 19.3 Å². The fourth-order valence-corrected chi connectivity index (χ4v) is 5.09. The maximum Gasteiger partial charge on any atom is 0.283 e. The van der Waals surface area contributed by atoms with Gasteiger partial charge in [-0.2, -0.15) is 4.98 Å². The maximum absolute atomic E-state index is 12.8. The van der Waals surface area contributed by atoms with Crippen LogP contribution in [0.4, 0.5) is 0 Å². The van der Waals surface area contributed by atoms with Gasteiger partial charge in [-0.1, -0.05) is 11.3 Å². The van der Waals surface area contributed by atoms with Crippen molar-refractivity contribution < 1.29 is 9.53 Å². The lowest BCUT2D eigenvalue weighted by molar-refractivity contribution is -0.110. The smallest absolute Gasteiger partial charge is 0.283 e. The Kier molecular flexibility index (Phi) is 5.15. The number of H-pyrrole nitrogens is 1. The van der Waals surface area contributed by atoms with E-state index in [4.69, 9.17) is 10.1 Å².